The van der Waals surface area contributed by atoms with E-state index in [1.54, 1.807) is 0 Å². The van der Waals surface area contributed by atoms with Crippen LogP contribution in [-0.4, -0.2) is 36.0 Å². The fourth-order valence-electron chi connectivity index (χ4n) is 5.32. The van der Waals surface area contributed by atoms with Crippen LogP contribution in [0.2, 0.25) is 0 Å². The Balaban J connectivity index is 0.00000121. The monoisotopic (exact) mass is 298 g/mol. The summed E-state index contributed by atoms with van der Waals surface area (Å²) in [5.74, 6) is 3.10. The summed E-state index contributed by atoms with van der Waals surface area (Å²) in [5, 5.41) is 3.45. The van der Waals surface area contributed by atoms with Gasteiger partial charge in [-0.05, 0) is 69.2 Å². The van der Waals surface area contributed by atoms with Crippen LogP contribution in [0, 0.1) is 17.8 Å². The summed E-state index contributed by atoms with van der Waals surface area (Å²) in [7, 11) is 0. The average molecular weight is 299 g/mol. The van der Waals surface area contributed by atoms with Crippen LogP contribution in [0.25, 0.3) is 0 Å². The summed E-state index contributed by atoms with van der Waals surface area (Å²) >= 11 is 0. The van der Waals surface area contributed by atoms with Crippen LogP contribution in [0.1, 0.15) is 51.4 Å². The lowest BCUT2D eigenvalue weighted by atomic mass is 9.68. The second-order valence-corrected chi connectivity index (χ2v) is 7.42. The summed E-state index contributed by atoms with van der Waals surface area (Å²) < 4.78 is 0. The van der Waals surface area contributed by atoms with E-state index >= 15 is 0 Å². The standard InChI is InChI=1S/C16H26N2O.ClH/c19-16(15-3-1-2-4-17-15)18-10-13-6-11-5-12(7-13)9-14(18)8-11;/h11-15,17H,1-10H2;1H. The summed E-state index contributed by atoms with van der Waals surface area (Å²) in [6.45, 7) is 2.10. The first-order chi connectivity index (χ1) is 9.29. The molecule has 5 fully saturated rings. The Kier molecular flexibility index (Phi) is 4.28. The molecule has 0 aromatic rings. The second-order valence-electron chi connectivity index (χ2n) is 7.42. The molecule has 5 aliphatic rings. The molecule has 3 aliphatic heterocycles. The van der Waals surface area contributed by atoms with Gasteiger partial charge in [0, 0.05) is 12.6 Å². The van der Waals surface area contributed by atoms with E-state index in [4.69, 9.17) is 0 Å². The minimum absolute atomic E-state index is 0. The van der Waals surface area contributed by atoms with Crippen molar-refractivity contribution < 1.29 is 4.79 Å². The molecule has 0 radical (unpaired) electrons. The molecule has 3 heterocycles. The second kappa shape index (κ2) is 5.84. The van der Waals surface area contributed by atoms with E-state index < -0.39 is 0 Å². The zero-order chi connectivity index (χ0) is 12.8. The van der Waals surface area contributed by atoms with Crippen LogP contribution in [0.3, 0.4) is 0 Å². The molecule has 3 nitrogen and oxygen atoms in total. The molecule has 3 atom stereocenters. The van der Waals surface area contributed by atoms with Gasteiger partial charge in [0.2, 0.25) is 5.91 Å². The maximum Gasteiger partial charge on any atom is 0.239 e. The van der Waals surface area contributed by atoms with Crippen molar-refractivity contribution in [2.24, 2.45) is 17.8 Å². The fraction of sp³-hybridized carbons (Fsp3) is 0.938. The molecule has 4 heteroatoms. The number of nitrogens with zero attached hydrogens (tertiary/aromatic N) is 1. The predicted molar refractivity (Wildman–Crippen MR) is 81.9 cm³/mol. The molecule has 0 spiro atoms. The van der Waals surface area contributed by atoms with E-state index in [1.807, 2.05) is 0 Å². The highest BCUT2D eigenvalue weighted by atomic mass is 35.5. The lowest BCUT2D eigenvalue weighted by molar-refractivity contribution is -0.137. The highest BCUT2D eigenvalue weighted by Crippen LogP contribution is 2.47. The predicted octanol–water partition coefficient (Wildman–Crippen LogP) is 2.59. The third-order valence-electron chi connectivity index (χ3n) is 6.00. The lowest BCUT2D eigenvalue weighted by Crippen LogP contribution is -2.52. The van der Waals surface area contributed by atoms with E-state index in [-0.39, 0.29) is 18.4 Å². The van der Waals surface area contributed by atoms with Gasteiger partial charge in [0.15, 0.2) is 0 Å². The molecule has 20 heavy (non-hydrogen) atoms. The number of hydrogen-bond donors (Lipinski definition) is 1. The van der Waals surface area contributed by atoms with Gasteiger partial charge in [0.05, 0.1) is 6.04 Å². The number of fused-ring (bicyclic) bond motifs is 1. The van der Waals surface area contributed by atoms with Crippen molar-refractivity contribution in [3.05, 3.63) is 0 Å². The normalized spacial score (nSPS) is 43.0. The summed E-state index contributed by atoms with van der Waals surface area (Å²) in [6, 6.07) is 0.705. The average Bonchev–Trinajstić information content (AvgIpc) is 2.63. The molecule has 0 aromatic heterocycles. The summed E-state index contributed by atoms with van der Waals surface area (Å²) in [4.78, 5) is 15.1. The Bertz CT molecular complexity index is 355. The van der Waals surface area contributed by atoms with Crippen LogP contribution in [0.5, 0.6) is 0 Å². The third kappa shape index (κ3) is 2.59. The Hall–Kier alpha value is -0.280. The SMILES string of the molecule is Cl.O=C(C1CCCCN1)N1CC2CC3CC(C2)CC1C3. The minimum atomic E-state index is 0. The lowest BCUT2D eigenvalue weighted by Gasteiger charge is -2.39. The number of halogens is 1. The summed E-state index contributed by atoms with van der Waals surface area (Å²) in [5.41, 5.74) is 0. The molecule has 5 rings (SSSR count). The van der Waals surface area contributed by atoms with Crippen molar-refractivity contribution in [2.75, 3.05) is 13.1 Å². The van der Waals surface area contributed by atoms with E-state index in [0.29, 0.717) is 11.9 Å². The van der Waals surface area contributed by atoms with Crippen molar-refractivity contribution in [2.45, 2.75) is 63.5 Å². The zero-order valence-corrected chi connectivity index (χ0v) is 13.0. The molecular formula is C16H27ClN2O. The van der Waals surface area contributed by atoms with E-state index in [0.717, 1.165) is 37.3 Å². The van der Waals surface area contributed by atoms with Gasteiger partial charge in [-0.25, -0.2) is 0 Å². The van der Waals surface area contributed by atoms with E-state index in [9.17, 15) is 4.79 Å². The van der Waals surface area contributed by atoms with Crippen LogP contribution in [0.15, 0.2) is 0 Å². The van der Waals surface area contributed by atoms with Gasteiger partial charge in [-0.15, -0.1) is 12.4 Å². The van der Waals surface area contributed by atoms with Gasteiger partial charge in [0.1, 0.15) is 0 Å². The number of nitrogens with one attached hydrogen (secondary N) is 1. The molecule has 4 bridgehead atoms. The first kappa shape index (κ1) is 14.6. The molecule has 1 amide bonds. The molecule has 1 N–H and O–H groups in total. The van der Waals surface area contributed by atoms with Crippen LogP contribution >= 0.6 is 12.4 Å². The van der Waals surface area contributed by atoms with Crippen molar-refractivity contribution in [1.82, 2.24) is 10.2 Å². The first-order valence-electron chi connectivity index (χ1n) is 8.33. The molecule has 2 saturated carbocycles. The van der Waals surface area contributed by atoms with Crippen LogP contribution < -0.4 is 5.32 Å². The molecule has 3 unspecified atom stereocenters. The van der Waals surface area contributed by atoms with Gasteiger partial charge < -0.3 is 10.2 Å². The molecular weight excluding hydrogens is 272 g/mol. The summed E-state index contributed by atoms with van der Waals surface area (Å²) in [6.07, 6.45) is 10.4. The maximum absolute atomic E-state index is 12.8. The fourth-order valence-corrected chi connectivity index (χ4v) is 5.32. The Morgan fingerprint density at radius 2 is 1.65 bits per heavy atom. The van der Waals surface area contributed by atoms with Crippen LogP contribution in [-0.2, 0) is 4.79 Å². The largest absolute Gasteiger partial charge is 0.338 e. The van der Waals surface area contributed by atoms with Crippen LogP contribution in [0.4, 0.5) is 0 Å². The van der Waals surface area contributed by atoms with Gasteiger partial charge in [-0.3, -0.25) is 4.79 Å². The van der Waals surface area contributed by atoms with Gasteiger partial charge in [0.25, 0.3) is 0 Å². The Morgan fingerprint density at radius 3 is 2.30 bits per heavy atom. The number of amides is 1. The number of carbonyl (C=O) groups excluding carboxylic acids is 1. The first-order valence-corrected chi connectivity index (χ1v) is 8.33. The van der Waals surface area contributed by atoms with E-state index in [1.165, 1.54) is 44.9 Å². The number of piperidine rings is 1. The van der Waals surface area contributed by atoms with Crippen molar-refractivity contribution in [3.8, 4) is 0 Å². The molecule has 3 saturated heterocycles. The van der Waals surface area contributed by atoms with Crippen molar-refractivity contribution >= 4 is 18.3 Å². The quantitative estimate of drug-likeness (QED) is 0.807. The number of carbonyl (C=O) groups is 1. The Labute approximate surface area is 128 Å². The van der Waals surface area contributed by atoms with E-state index in [2.05, 4.69) is 10.2 Å². The maximum atomic E-state index is 12.8. The van der Waals surface area contributed by atoms with Gasteiger partial charge in [-0.2, -0.15) is 0 Å². The van der Waals surface area contributed by atoms with Crippen molar-refractivity contribution in [3.63, 3.8) is 0 Å². The number of rotatable bonds is 1. The molecule has 2 aliphatic carbocycles. The minimum Gasteiger partial charge on any atom is -0.338 e. The Morgan fingerprint density at radius 1 is 0.950 bits per heavy atom. The third-order valence-corrected chi connectivity index (χ3v) is 6.00. The highest BCUT2D eigenvalue weighted by molar-refractivity contribution is 5.85. The van der Waals surface area contributed by atoms with Gasteiger partial charge in [-0.1, -0.05) is 6.42 Å². The topological polar surface area (TPSA) is 32.3 Å². The molecule has 0 aromatic carbocycles. The van der Waals surface area contributed by atoms with Gasteiger partial charge >= 0.3 is 0 Å². The van der Waals surface area contributed by atoms with Crippen molar-refractivity contribution in [1.29, 1.82) is 0 Å². The number of hydrogen-bond acceptors (Lipinski definition) is 2. The smallest absolute Gasteiger partial charge is 0.239 e. The zero-order valence-electron chi connectivity index (χ0n) is 12.2. The molecule has 114 valence electrons. The highest BCUT2D eigenvalue weighted by Gasteiger charge is 2.45.